The molecule has 0 aliphatic carbocycles. The molecule has 0 saturated heterocycles. The van der Waals surface area contributed by atoms with Gasteiger partial charge in [0.1, 0.15) is 0 Å². The zero-order chi connectivity index (χ0) is 15.6. The molecule has 2 aromatic carbocycles. The first kappa shape index (κ1) is 16.3. The average Bonchev–Trinajstić information content (AvgIpc) is 2.43. The Hall–Kier alpha value is -1.06. The van der Waals surface area contributed by atoms with Crippen LogP contribution in [0, 0.1) is 13.8 Å². The lowest BCUT2D eigenvalue weighted by molar-refractivity contribution is 0.147. The fourth-order valence-electron chi connectivity index (χ4n) is 2.44. The van der Waals surface area contributed by atoms with Gasteiger partial charge in [0.15, 0.2) is 0 Å². The largest absolute Gasteiger partial charge is 0.388 e. The second-order valence-electron chi connectivity index (χ2n) is 5.27. The Kier molecular flexibility index (Phi) is 5.28. The van der Waals surface area contributed by atoms with Crippen molar-refractivity contribution in [3.8, 4) is 0 Å². The molecule has 0 spiro atoms. The number of rotatable bonds is 4. The molecule has 4 heteroatoms. The maximum absolute atomic E-state index is 10.7. The van der Waals surface area contributed by atoms with E-state index in [-0.39, 0.29) is 5.92 Å². The van der Waals surface area contributed by atoms with Gasteiger partial charge in [-0.1, -0.05) is 47.5 Å². The highest BCUT2D eigenvalue weighted by atomic mass is 35.5. The van der Waals surface area contributed by atoms with Crippen molar-refractivity contribution in [2.24, 2.45) is 5.73 Å². The van der Waals surface area contributed by atoms with Gasteiger partial charge in [-0.2, -0.15) is 0 Å². The van der Waals surface area contributed by atoms with E-state index in [1.807, 2.05) is 19.1 Å². The molecule has 0 aliphatic rings. The average molecular weight is 324 g/mol. The predicted molar refractivity (Wildman–Crippen MR) is 89.1 cm³/mol. The second kappa shape index (κ2) is 6.80. The maximum atomic E-state index is 10.7. The van der Waals surface area contributed by atoms with E-state index in [2.05, 4.69) is 13.0 Å². The minimum absolute atomic E-state index is 0.248. The number of hydrogen-bond donors (Lipinski definition) is 2. The van der Waals surface area contributed by atoms with Gasteiger partial charge in [-0.15, -0.1) is 0 Å². The normalized spacial score (nSPS) is 14.0. The van der Waals surface area contributed by atoms with Crippen LogP contribution in [0.2, 0.25) is 10.0 Å². The van der Waals surface area contributed by atoms with Crippen LogP contribution in [0.5, 0.6) is 0 Å². The van der Waals surface area contributed by atoms with E-state index in [0.29, 0.717) is 22.2 Å². The van der Waals surface area contributed by atoms with Gasteiger partial charge < -0.3 is 10.8 Å². The summed E-state index contributed by atoms with van der Waals surface area (Å²) in [5.74, 6) is -0.248. The lowest BCUT2D eigenvalue weighted by Crippen LogP contribution is -2.21. The van der Waals surface area contributed by atoms with Crippen LogP contribution in [0.25, 0.3) is 0 Å². The van der Waals surface area contributed by atoms with Crippen molar-refractivity contribution in [1.29, 1.82) is 0 Å². The molecule has 3 N–H and O–H groups in total. The van der Waals surface area contributed by atoms with Crippen LogP contribution in [0.1, 0.15) is 34.3 Å². The van der Waals surface area contributed by atoms with E-state index in [1.54, 1.807) is 18.2 Å². The zero-order valence-corrected chi connectivity index (χ0v) is 13.6. The lowest BCUT2D eigenvalue weighted by Gasteiger charge is -2.24. The summed E-state index contributed by atoms with van der Waals surface area (Å²) in [5, 5.41) is 11.6. The van der Waals surface area contributed by atoms with E-state index < -0.39 is 6.10 Å². The minimum atomic E-state index is -0.835. The van der Waals surface area contributed by atoms with Crippen molar-refractivity contribution in [1.82, 2.24) is 0 Å². The smallest absolute Gasteiger partial charge is 0.0899 e. The molecule has 21 heavy (non-hydrogen) atoms. The van der Waals surface area contributed by atoms with Crippen LogP contribution in [-0.4, -0.2) is 11.7 Å². The summed E-state index contributed by atoms with van der Waals surface area (Å²) in [5.41, 5.74) is 9.79. The Morgan fingerprint density at radius 1 is 1.05 bits per heavy atom. The van der Waals surface area contributed by atoms with E-state index in [4.69, 9.17) is 28.9 Å². The number of aryl methyl sites for hydroxylation is 2. The molecule has 0 aromatic heterocycles. The fraction of sp³-hybridized carbons (Fsp3) is 0.294. The molecule has 2 aromatic rings. The molecule has 0 saturated carbocycles. The number of aliphatic hydroxyl groups excluding tert-OH is 1. The first-order valence-electron chi connectivity index (χ1n) is 6.85. The summed E-state index contributed by atoms with van der Waals surface area (Å²) < 4.78 is 0. The first-order valence-corrected chi connectivity index (χ1v) is 7.60. The van der Waals surface area contributed by atoms with Crippen LogP contribution < -0.4 is 5.73 Å². The van der Waals surface area contributed by atoms with Crippen LogP contribution in [0.15, 0.2) is 36.4 Å². The number of nitrogens with two attached hydrogens (primary N) is 1. The van der Waals surface area contributed by atoms with E-state index in [0.717, 1.165) is 5.56 Å². The number of halogens is 2. The molecule has 0 amide bonds. The Balaban J connectivity index is 2.43. The summed E-state index contributed by atoms with van der Waals surface area (Å²) in [6.45, 7) is 4.41. The van der Waals surface area contributed by atoms with Crippen molar-refractivity contribution >= 4 is 23.2 Å². The fourth-order valence-corrected chi connectivity index (χ4v) is 3.06. The van der Waals surface area contributed by atoms with Gasteiger partial charge in [0.05, 0.1) is 6.10 Å². The van der Waals surface area contributed by atoms with Gasteiger partial charge in [-0.3, -0.25) is 0 Å². The Morgan fingerprint density at radius 3 is 2.19 bits per heavy atom. The molecule has 0 heterocycles. The van der Waals surface area contributed by atoms with Crippen LogP contribution in [-0.2, 0) is 0 Å². The third-order valence-electron chi connectivity index (χ3n) is 3.89. The molecule has 0 aliphatic heterocycles. The van der Waals surface area contributed by atoms with Gasteiger partial charge in [-0.05, 0) is 42.7 Å². The second-order valence-corrected chi connectivity index (χ2v) is 6.08. The summed E-state index contributed by atoms with van der Waals surface area (Å²) in [4.78, 5) is 0. The van der Waals surface area contributed by atoms with Gasteiger partial charge >= 0.3 is 0 Å². The summed E-state index contributed by atoms with van der Waals surface area (Å²) in [7, 11) is 0. The third-order valence-corrected chi connectivity index (χ3v) is 4.55. The van der Waals surface area contributed by atoms with Gasteiger partial charge in [0, 0.05) is 28.1 Å². The van der Waals surface area contributed by atoms with E-state index in [9.17, 15) is 5.11 Å². The third kappa shape index (κ3) is 3.41. The molecule has 0 fully saturated rings. The van der Waals surface area contributed by atoms with Crippen molar-refractivity contribution in [3.63, 3.8) is 0 Å². The first-order chi connectivity index (χ1) is 9.95. The SMILES string of the molecule is Cc1ccc(C(CN)C(O)c2c(Cl)cccc2Cl)cc1C. The minimum Gasteiger partial charge on any atom is -0.388 e. The van der Waals surface area contributed by atoms with Gasteiger partial charge in [0.2, 0.25) is 0 Å². The van der Waals surface area contributed by atoms with Gasteiger partial charge in [-0.25, -0.2) is 0 Å². The van der Waals surface area contributed by atoms with Crippen molar-refractivity contribution in [2.45, 2.75) is 25.9 Å². The predicted octanol–water partition coefficient (Wildman–Crippen LogP) is 4.39. The van der Waals surface area contributed by atoms with Crippen molar-refractivity contribution in [3.05, 3.63) is 68.7 Å². The zero-order valence-electron chi connectivity index (χ0n) is 12.1. The van der Waals surface area contributed by atoms with Crippen LogP contribution >= 0.6 is 23.2 Å². The lowest BCUT2D eigenvalue weighted by atomic mass is 9.87. The number of aliphatic hydroxyl groups is 1. The molecular weight excluding hydrogens is 305 g/mol. The summed E-state index contributed by atoms with van der Waals surface area (Å²) in [6.07, 6.45) is -0.835. The Morgan fingerprint density at radius 2 is 1.67 bits per heavy atom. The molecule has 2 nitrogen and oxygen atoms in total. The monoisotopic (exact) mass is 323 g/mol. The topological polar surface area (TPSA) is 46.2 Å². The number of benzene rings is 2. The molecule has 2 unspecified atom stereocenters. The molecule has 2 rings (SSSR count). The van der Waals surface area contributed by atoms with Crippen molar-refractivity contribution < 1.29 is 5.11 Å². The highest BCUT2D eigenvalue weighted by Crippen LogP contribution is 2.38. The molecule has 2 atom stereocenters. The Bertz CT molecular complexity index is 622. The highest BCUT2D eigenvalue weighted by Gasteiger charge is 2.25. The molecular formula is C17H19Cl2NO. The standard InChI is InChI=1S/C17H19Cl2NO/c1-10-6-7-12(8-11(10)2)13(9-20)17(21)16-14(18)4-3-5-15(16)19/h3-8,13,17,21H,9,20H2,1-2H3. The maximum Gasteiger partial charge on any atom is 0.0899 e. The summed E-state index contributed by atoms with van der Waals surface area (Å²) >= 11 is 12.4. The van der Waals surface area contributed by atoms with E-state index >= 15 is 0 Å². The molecule has 0 bridgehead atoms. The van der Waals surface area contributed by atoms with Gasteiger partial charge in [0.25, 0.3) is 0 Å². The number of hydrogen-bond acceptors (Lipinski definition) is 2. The highest BCUT2D eigenvalue weighted by molar-refractivity contribution is 6.36. The van der Waals surface area contributed by atoms with Crippen molar-refractivity contribution in [2.75, 3.05) is 6.54 Å². The van der Waals surface area contributed by atoms with Crippen LogP contribution in [0.4, 0.5) is 0 Å². The Labute approximate surface area is 135 Å². The quantitative estimate of drug-likeness (QED) is 0.876. The molecule has 0 radical (unpaired) electrons. The van der Waals surface area contributed by atoms with E-state index in [1.165, 1.54) is 11.1 Å². The molecule has 112 valence electrons. The summed E-state index contributed by atoms with van der Waals surface area (Å²) in [6, 6.07) is 11.3. The van der Waals surface area contributed by atoms with Crippen LogP contribution in [0.3, 0.4) is 0 Å².